The molecule has 2 heterocycles. The van der Waals surface area contributed by atoms with Gasteiger partial charge in [-0.3, -0.25) is 4.90 Å². The summed E-state index contributed by atoms with van der Waals surface area (Å²) < 4.78 is 10.3. The third kappa shape index (κ3) is 3.39. The van der Waals surface area contributed by atoms with Crippen LogP contribution >= 0.6 is 0 Å². The van der Waals surface area contributed by atoms with Crippen LogP contribution in [0.4, 0.5) is 0 Å². The second-order valence-electron chi connectivity index (χ2n) is 4.27. The maximum Gasteiger partial charge on any atom is 0.151 e. The largest absolute Gasteiger partial charge is 0.380 e. The minimum atomic E-state index is 0.432. The fourth-order valence-corrected chi connectivity index (χ4v) is 1.96. The maximum atomic E-state index is 5.49. The number of ether oxygens (including phenoxy) is 1. The Labute approximate surface area is 101 Å². The average Bonchev–Trinajstić information content (AvgIpc) is 2.80. The van der Waals surface area contributed by atoms with Gasteiger partial charge in [0.2, 0.25) is 0 Å². The molecule has 0 saturated heterocycles. The summed E-state index contributed by atoms with van der Waals surface area (Å²) in [4.78, 5) is 2.32. The molecular weight excluding hydrogens is 218 g/mol. The van der Waals surface area contributed by atoms with Crippen molar-refractivity contribution in [3.8, 4) is 0 Å². The van der Waals surface area contributed by atoms with Crippen molar-refractivity contribution in [2.45, 2.75) is 19.5 Å². The second-order valence-corrected chi connectivity index (χ2v) is 4.27. The molecule has 94 valence electrons. The van der Waals surface area contributed by atoms with Crippen molar-refractivity contribution in [2.24, 2.45) is 5.73 Å². The molecule has 0 saturated carbocycles. The molecule has 5 heteroatoms. The van der Waals surface area contributed by atoms with Crippen LogP contribution in [0.5, 0.6) is 0 Å². The summed E-state index contributed by atoms with van der Waals surface area (Å²) in [5.41, 5.74) is 7.68. The van der Waals surface area contributed by atoms with Gasteiger partial charge in [-0.05, 0) is 12.0 Å². The quantitative estimate of drug-likeness (QED) is 0.771. The van der Waals surface area contributed by atoms with Crippen molar-refractivity contribution in [1.29, 1.82) is 0 Å². The first-order valence-corrected chi connectivity index (χ1v) is 5.85. The number of rotatable bonds is 5. The number of methoxy groups -OCH3 is 1. The lowest BCUT2D eigenvalue weighted by Gasteiger charge is -2.24. The Hall–Kier alpha value is -1.17. The molecule has 1 aliphatic rings. The van der Waals surface area contributed by atoms with Gasteiger partial charge >= 0.3 is 0 Å². The Morgan fingerprint density at radius 1 is 1.59 bits per heavy atom. The fourth-order valence-electron chi connectivity index (χ4n) is 1.96. The van der Waals surface area contributed by atoms with E-state index in [0.717, 1.165) is 44.1 Å². The van der Waals surface area contributed by atoms with Crippen LogP contribution in [0.1, 0.15) is 17.9 Å². The molecule has 17 heavy (non-hydrogen) atoms. The lowest BCUT2D eigenvalue weighted by Crippen LogP contribution is -2.28. The summed E-state index contributed by atoms with van der Waals surface area (Å²) >= 11 is 0. The zero-order valence-electron chi connectivity index (χ0n) is 10.2. The Morgan fingerprint density at radius 2 is 2.47 bits per heavy atom. The lowest BCUT2D eigenvalue weighted by atomic mass is 10.1. The minimum absolute atomic E-state index is 0.432. The number of nitrogens with two attached hydrogens (primary N) is 1. The number of aromatic nitrogens is 1. The smallest absolute Gasteiger partial charge is 0.151 e. The maximum absolute atomic E-state index is 5.49. The van der Waals surface area contributed by atoms with Crippen LogP contribution in [0.3, 0.4) is 0 Å². The summed E-state index contributed by atoms with van der Waals surface area (Å²) in [5, 5.41) is 3.88. The highest BCUT2D eigenvalue weighted by molar-refractivity contribution is 5.09. The van der Waals surface area contributed by atoms with Crippen molar-refractivity contribution in [2.75, 3.05) is 26.8 Å². The molecule has 0 amide bonds. The van der Waals surface area contributed by atoms with Gasteiger partial charge in [0, 0.05) is 32.8 Å². The number of nitrogens with zero attached hydrogens (tertiary/aromatic N) is 2. The molecule has 0 spiro atoms. The third-order valence-electron chi connectivity index (χ3n) is 2.91. The molecule has 0 atom stereocenters. The van der Waals surface area contributed by atoms with Gasteiger partial charge in [0.15, 0.2) is 5.76 Å². The van der Waals surface area contributed by atoms with Crippen LogP contribution in [0.15, 0.2) is 22.2 Å². The summed E-state index contributed by atoms with van der Waals surface area (Å²) in [7, 11) is 1.73. The first-order chi connectivity index (χ1) is 8.31. The van der Waals surface area contributed by atoms with Crippen molar-refractivity contribution in [3.05, 3.63) is 29.2 Å². The predicted octanol–water partition coefficient (Wildman–Crippen LogP) is 0.912. The highest BCUT2D eigenvalue weighted by atomic mass is 16.5. The Balaban J connectivity index is 1.85. The van der Waals surface area contributed by atoms with Gasteiger partial charge in [-0.15, -0.1) is 0 Å². The van der Waals surface area contributed by atoms with Crippen molar-refractivity contribution in [3.63, 3.8) is 0 Å². The summed E-state index contributed by atoms with van der Waals surface area (Å²) in [6.45, 7) is 3.95. The Kier molecular flexibility index (Phi) is 4.30. The Morgan fingerprint density at radius 3 is 3.06 bits per heavy atom. The first-order valence-electron chi connectivity index (χ1n) is 5.85. The Bertz CT molecular complexity index is 387. The molecule has 0 aromatic carbocycles. The second kappa shape index (κ2) is 5.95. The monoisotopic (exact) mass is 237 g/mol. The minimum Gasteiger partial charge on any atom is -0.380 e. The highest BCUT2D eigenvalue weighted by Crippen LogP contribution is 2.14. The zero-order chi connectivity index (χ0) is 12.1. The molecule has 0 fully saturated rings. The molecular formula is C12H19N3O2. The molecule has 2 N–H and O–H groups in total. The van der Waals surface area contributed by atoms with E-state index in [9.17, 15) is 0 Å². The summed E-state index contributed by atoms with van der Waals surface area (Å²) in [6.07, 6.45) is 3.29. The molecule has 1 aromatic heterocycles. The van der Waals surface area contributed by atoms with E-state index in [1.165, 1.54) is 5.57 Å². The number of hydrogen-bond acceptors (Lipinski definition) is 5. The summed E-state index contributed by atoms with van der Waals surface area (Å²) in [6, 6.07) is 1.92. The zero-order valence-corrected chi connectivity index (χ0v) is 10.2. The standard InChI is InChI=1S/C12H19N3O2/c1-16-9-10-2-4-15(5-3-10)8-12-6-11(7-13)14-17-12/h2,6H,3-5,7-9,13H2,1H3. The third-order valence-corrected chi connectivity index (χ3v) is 2.91. The van der Waals surface area contributed by atoms with Crippen LogP contribution < -0.4 is 5.73 Å². The van der Waals surface area contributed by atoms with Crippen LogP contribution in [0, 0.1) is 0 Å². The molecule has 1 aliphatic heterocycles. The average molecular weight is 237 g/mol. The lowest BCUT2D eigenvalue weighted by molar-refractivity contribution is 0.204. The topological polar surface area (TPSA) is 64.5 Å². The van der Waals surface area contributed by atoms with E-state index in [1.54, 1.807) is 7.11 Å². The normalized spacial score (nSPS) is 17.2. The van der Waals surface area contributed by atoms with E-state index in [4.69, 9.17) is 15.0 Å². The van der Waals surface area contributed by atoms with Crippen LogP contribution in [0.25, 0.3) is 0 Å². The summed E-state index contributed by atoms with van der Waals surface area (Å²) in [5.74, 6) is 0.883. The van der Waals surface area contributed by atoms with Gasteiger partial charge in [-0.25, -0.2) is 0 Å². The van der Waals surface area contributed by atoms with Gasteiger partial charge in [0.25, 0.3) is 0 Å². The van der Waals surface area contributed by atoms with E-state index in [-0.39, 0.29) is 0 Å². The predicted molar refractivity (Wildman–Crippen MR) is 64.2 cm³/mol. The fraction of sp³-hybridized carbons (Fsp3) is 0.583. The van der Waals surface area contributed by atoms with Gasteiger partial charge < -0.3 is 15.0 Å². The molecule has 0 unspecified atom stereocenters. The number of hydrogen-bond donors (Lipinski definition) is 1. The van der Waals surface area contributed by atoms with E-state index >= 15 is 0 Å². The van der Waals surface area contributed by atoms with Crippen molar-refractivity contribution >= 4 is 0 Å². The van der Waals surface area contributed by atoms with E-state index in [0.29, 0.717) is 6.54 Å². The SMILES string of the molecule is COCC1=CCN(Cc2cc(CN)no2)CC1. The molecule has 0 radical (unpaired) electrons. The van der Waals surface area contributed by atoms with Gasteiger partial charge in [-0.1, -0.05) is 11.2 Å². The van der Waals surface area contributed by atoms with Crippen LogP contribution in [0.2, 0.25) is 0 Å². The van der Waals surface area contributed by atoms with Gasteiger partial charge in [0.05, 0.1) is 18.8 Å². The van der Waals surface area contributed by atoms with Crippen LogP contribution in [-0.2, 0) is 17.8 Å². The highest BCUT2D eigenvalue weighted by Gasteiger charge is 2.14. The molecule has 0 aliphatic carbocycles. The molecule has 1 aromatic rings. The van der Waals surface area contributed by atoms with E-state index in [2.05, 4.69) is 16.1 Å². The van der Waals surface area contributed by atoms with Gasteiger partial charge in [-0.2, -0.15) is 0 Å². The van der Waals surface area contributed by atoms with Gasteiger partial charge in [0.1, 0.15) is 0 Å². The first kappa shape index (κ1) is 12.3. The van der Waals surface area contributed by atoms with Crippen LogP contribution in [-0.4, -0.2) is 36.9 Å². The molecule has 0 bridgehead atoms. The van der Waals surface area contributed by atoms with E-state index in [1.807, 2.05) is 6.07 Å². The molecule has 2 rings (SSSR count). The van der Waals surface area contributed by atoms with Crippen molar-refractivity contribution in [1.82, 2.24) is 10.1 Å². The molecule has 5 nitrogen and oxygen atoms in total. The van der Waals surface area contributed by atoms with Crippen molar-refractivity contribution < 1.29 is 9.26 Å². The van der Waals surface area contributed by atoms with E-state index < -0.39 is 0 Å².